The van der Waals surface area contributed by atoms with Crippen molar-refractivity contribution in [3.05, 3.63) is 36.3 Å². The van der Waals surface area contributed by atoms with Gasteiger partial charge in [0.15, 0.2) is 0 Å². The van der Waals surface area contributed by atoms with Crippen molar-refractivity contribution < 1.29 is 4.79 Å². The molecule has 0 bridgehead atoms. The molecule has 0 unspecified atom stereocenters. The van der Waals surface area contributed by atoms with E-state index in [1.807, 2.05) is 24.3 Å². The van der Waals surface area contributed by atoms with Gasteiger partial charge < -0.3 is 15.6 Å². The number of benzene rings is 1. The van der Waals surface area contributed by atoms with Crippen molar-refractivity contribution >= 4 is 11.6 Å². The number of carbonyl (C=O) groups excluding carboxylic acids is 1. The lowest BCUT2D eigenvalue weighted by Crippen LogP contribution is -2.32. The van der Waals surface area contributed by atoms with Crippen LogP contribution in [0.5, 0.6) is 0 Å². The molecule has 1 aromatic heterocycles. The number of carbonyl (C=O) groups is 1. The summed E-state index contributed by atoms with van der Waals surface area (Å²) >= 11 is 0. The van der Waals surface area contributed by atoms with E-state index in [9.17, 15) is 4.79 Å². The van der Waals surface area contributed by atoms with Gasteiger partial charge in [0.2, 0.25) is 5.91 Å². The highest BCUT2D eigenvalue weighted by Gasteiger charge is 2.13. The Hall–Kier alpha value is -2.14. The van der Waals surface area contributed by atoms with Crippen LogP contribution in [0.4, 0.5) is 5.69 Å². The molecule has 2 aromatic rings. The Balaban J connectivity index is 1.77. The second kappa shape index (κ2) is 5.69. The fraction of sp³-hybridized carbons (Fsp3) is 0.375. The molecule has 5 heteroatoms. The van der Waals surface area contributed by atoms with Crippen LogP contribution < -0.4 is 11.1 Å². The molecule has 3 rings (SSSR count). The first-order valence-corrected chi connectivity index (χ1v) is 7.36. The van der Waals surface area contributed by atoms with Crippen LogP contribution in [0.1, 0.15) is 25.6 Å². The van der Waals surface area contributed by atoms with Crippen molar-refractivity contribution in [2.45, 2.75) is 38.8 Å². The SMILES string of the molecule is C[C@@H](N)C(=O)Nc1ccc(-c2cn3c(n2)CCCC3)cc1. The van der Waals surface area contributed by atoms with Crippen molar-refractivity contribution in [3.63, 3.8) is 0 Å². The first-order valence-electron chi connectivity index (χ1n) is 7.36. The van der Waals surface area contributed by atoms with Gasteiger partial charge in [-0.1, -0.05) is 12.1 Å². The monoisotopic (exact) mass is 284 g/mol. The van der Waals surface area contributed by atoms with Gasteiger partial charge in [-0.3, -0.25) is 4.79 Å². The van der Waals surface area contributed by atoms with E-state index in [0.29, 0.717) is 0 Å². The second-order valence-corrected chi connectivity index (χ2v) is 5.55. The van der Waals surface area contributed by atoms with Crippen LogP contribution in [0.2, 0.25) is 0 Å². The summed E-state index contributed by atoms with van der Waals surface area (Å²) in [7, 11) is 0. The molecule has 1 atom stereocenters. The van der Waals surface area contributed by atoms with Crippen LogP contribution in [0.15, 0.2) is 30.5 Å². The maximum Gasteiger partial charge on any atom is 0.240 e. The van der Waals surface area contributed by atoms with Crippen molar-refractivity contribution in [2.75, 3.05) is 5.32 Å². The van der Waals surface area contributed by atoms with Gasteiger partial charge in [0.05, 0.1) is 11.7 Å². The van der Waals surface area contributed by atoms with E-state index in [1.54, 1.807) is 6.92 Å². The topological polar surface area (TPSA) is 72.9 Å². The summed E-state index contributed by atoms with van der Waals surface area (Å²) in [5.41, 5.74) is 8.35. The van der Waals surface area contributed by atoms with E-state index in [0.717, 1.165) is 29.9 Å². The fourth-order valence-corrected chi connectivity index (χ4v) is 2.53. The van der Waals surface area contributed by atoms with Crippen molar-refractivity contribution in [1.29, 1.82) is 0 Å². The zero-order valence-corrected chi connectivity index (χ0v) is 12.2. The summed E-state index contributed by atoms with van der Waals surface area (Å²) in [5.74, 6) is 0.991. The number of imidazole rings is 1. The summed E-state index contributed by atoms with van der Waals surface area (Å²) in [6, 6.07) is 7.21. The first-order chi connectivity index (χ1) is 10.1. The van der Waals surface area contributed by atoms with Gasteiger partial charge in [0.1, 0.15) is 5.82 Å². The van der Waals surface area contributed by atoms with Gasteiger partial charge >= 0.3 is 0 Å². The standard InChI is InChI=1S/C16H20N4O/c1-11(17)16(21)18-13-7-5-12(6-8-13)14-10-20-9-3-2-4-15(20)19-14/h5-8,10-11H,2-4,9,17H2,1H3,(H,18,21)/t11-/m1/s1. The number of aromatic nitrogens is 2. The van der Waals surface area contributed by atoms with E-state index >= 15 is 0 Å². The fourth-order valence-electron chi connectivity index (χ4n) is 2.53. The van der Waals surface area contributed by atoms with E-state index in [4.69, 9.17) is 10.7 Å². The Labute approximate surface area is 124 Å². The number of aryl methyl sites for hydroxylation is 2. The largest absolute Gasteiger partial charge is 0.334 e. The van der Waals surface area contributed by atoms with Crippen LogP contribution in [0.3, 0.4) is 0 Å². The van der Waals surface area contributed by atoms with Crippen LogP contribution in [-0.4, -0.2) is 21.5 Å². The summed E-state index contributed by atoms with van der Waals surface area (Å²) in [5, 5.41) is 2.78. The molecule has 21 heavy (non-hydrogen) atoms. The van der Waals surface area contributed by atoms with Gasteiger partial charge in [-0.15, -0.1) is 0 Å². The van der Waals surface area contributed by atoms with Crippen molar-refractivity contribution in [3.8, 4) is 11.3 Å². The molecular weight excluding hydrogens is 264 g/mol. The molecular formula is C16H20N4O. The maximum atomic E-state index is 11.5. The maximum absolute atomic E-state index is 11.5. The third kappa shape index (κ3) is 2.97. The minimum atomic E-state index is -0.510. The molecule has 0 saturated heterocycles. The highest BCUT2D eigenvalue weighted by molar-refractivity contribution is 5.94. The third-order valence-corrected chi connectivity index (χ3v) is 3.77. The summed E-state index contributed by atoms with van der Waals surface area (Å²) in [6.45, 7) is 2.73. The lowest BCUT2D eigenvalue weighted by molar-refractivity contribution is -0.117. The highest BCUT2D eigenvalue weighted by Crippen LogP contribution is 2.23. The predicted molar refractivity (Wildman–Crippen MR) is 82.9 cm³/mol. The molecule has 0 spiro atoms. The van der Waals surface area contributed by atoms with Crippen LogP contribution in [0.25, 0.3) is 11.3 Å². The smallest absolute Gasteiger partial charge is 0.240 e. The number of nitrogens with zero attached hydrogens (tertiary/aromatic N) is 2. The molecule has 3 N–H and O–H groups in total. The predicted octanol–water partition coefficient (Wildman–Crippen LogP) is 2.17. The summed E-state index contributed by atoms with van der Waals surface area (Å²) in [6.07, 6.45) is 5.62. The quantitative estimate of drug-likeness (QED) is 0.907. The Morgan fingerprint density at radius 2 is 2.10 bits per heavy atom. The number of nitrogens with one attached hydrogen (secondary N) is 1. The third-order valence-electron chi connectivity index (χ3n) is 3.77. The molecule has 5 nitrogen and oxygen atoms in total. The summed E-state index contributed by atoms with van der Waals surface area (Å²) in [4.78, 5) is 16.2. The van der Waals surface area contributed by atoms with Crippen molar-refractivity contribution in [2.24, 2.45) is 5.73 Å². The van der Waals surface area contributed by atoms with E-state index in [1.165, 1.54) is 18.7 Å². The average Bonchev–Trinajstić information content (AvgIpc) is 2.91. The number of fused-ring (bicyclic) bond motifs is 1. The number of hydrogen-bond donors (Lipinski definition) is 2. The number of rotatable bonds is 3. The van der Waals surface area contributed by atoms with E-state index < -0.39 is 6.04 Å². The molecule has 1 amide bonds. The van der Waals surface area contributed by atoms with Gasteiger partial charge in [-0.2, -0.15) is 0 Å². The molecule has 2 heterocycles. The first kappa shape index (κ1) is 13.8. The van der Waals surface area contributed by atoms with Crippen LogP contribution in [0, 0.1) is 0 Å². The Morgan fingerprint density at radius 3 is 2.76 bits per heavy atom. The average molecular weight is 284 g/mol. The molecule has 110 valence electrons. The minimum Gasteiger partial charge on any atom is -0.334 e. The Morgan fingerprint density at radius 1 is 1.33 bits per heavy atom. The zero-order chi connectivity index (χ0) is 14.8. The molecule has 0 radical (unpaired) electrons. The molecule has 1 aliphatic rings. The Bertz CT molecular complexity index is 619. The van der Waals surface area contributed by atoms with Crippen molar-refractivity contribution in [1.82, 2.24) is 9.55 Å². The van der Waals surface area contributed by atoms with Gasteiger partial charge in [-0.05, 0) is 31.9 Å². The van der Waals surface area contributed by atoms with E-state index in [-0.39, 0.29) is 5.91 Å². The molecule has 0 fully saturated rings. The number of amides is 1. The molecule has 1 aromatic carbocycles. The van der Waals surface area contributed by atoms with Gasteiger partial charge in [-0.25, -0.2) is 4.98 Å². The molecule has 0 saturated carbocycles. The van der Waals surface area contributed by atoms with Crippen LogP contribution >= 0.6 is 0 Å². The normalized spacial score (nSPS) is 15.3. The highest BCUT2D eigenvalue weighted by atomic mass is 16.2. The van der Waals surface area contributed by atoms with Gasteiger partial charge in [0.25, 0.3) is 0 Å². The Kier molecular flexibility index (Phi) is 3.75. The second-order valence-electron chi connectivity index (χ2n) is 5.55. The molecule has 0 aliphatic carbocycles. The van der Waals surface area contributed by atoms with Crippen LogP contribution in [-0.2, 0) is 17.8 Å². The molecule has 1 aliphatic heterocycles. The minimum absolute atomic E-state index is 0.180. The lowest BCUT2D eigenvalue weighted by Gasteiger charge is -2.11. The number of nitrogens with two attached hydrogens (primary N) is 1. The zero-order valence-electron chi connectivity index (χ0n) is 12.2. The number of anilines is 1. The number of hydrogen-bond acceptors (Lipinski definition) is 3. The lowest BCUT2D eigenvalue weighted by atomic mass is 10.1. The van der Waals surface area contributed by atoms with E-state index in [2.05, 4.69) is 16.1 Å². The summed E-state index contributed by atoms with van der Waals surface area (Å²) < 4.78 is 2.24. The van der Waals surface area contributed by atoms with Gasteiger partial charge in [0, 0.05) is 30.4 Å².